The molecule has 2 aliphatic heterocycles. The average molecular weight is 345 g/mol. The van der Waals surface area contributed by atoms with Gasteiger partial charge in [0.25, 0.3) is 0 Å². The van der Waals surface area contributed by atoms with Gasteiger partial charge < -0.3 is 9.80 Å². The maximum atomic E-state index is 12.7. The molecule has 0 aliphatic carbocycles. The van der Waals surface area contributed by atoms with E-state index >= 15 is 0 Å². The molecule has 2 fully saturated rings. The van der Waals surface area contributed by atoms with Gasteiger partial charge in [0.2, 0.25) is 21.8 Å². The number of hydrogen-bond acceptors (Lipinski definition) is 4. The fraction of sp³-hybridized carbons (Fsp3) is 0.867. The van der Waals surface area contributed by atoms with Crippen LogP contribution in [0.25, 0.3) is 0 Å². The molecule has 2 aliphatic rings. The highest BCUT2D eigenvalue weighted by Gasteiger charge is 2.38. The van der Waals surface area contributed by atoms with E-state index in [4.69, 9.17) is 0 Å². The molecule has 0 saturated carbocycles. The molecular formula is C15H27N3O4S. The molecular weight excluding hydrogens is 318 g/mol. The zero-order chi connectivity index (χ0) is 17.2. The number of sulfonamides is 1. The van der Waals surface area contributed by atoms with Crippen molar-refractivity contribution in [3.8, 4) is 0 Å². The fourth-order valence-corrected chi connectivity index (χ4v) is 3.89. The molecule has 0 unspecified atom stereocenters. The van der Waals surface area contributed by atoms with E-state index in [1.165, 1.54) is 0 Å². The lowest BCUT2D eigenvalue weighted by Gasteiger charge is -2.34. The molecule has 132 valence electrons. The molecule has 2 amide bonds. The summed E-state index contributed by atoms with van der Waals surface area (Å²) in [5, 5.41) is 0. The Kier molecular flexibility index (Phi) is 5.67. The first kappa shape index (κ1) is 18.2. The van der Waals surface area contributed by atoms with Crippen molar-refractivity contribution in [3.63, 3.8) is 0 Å². The molecule has 2 rings (SSSR count). The molecule has 23 heavy (non-hydrogen) atoms. The second-order valence-corrected chi connectivity index (χ2v) is 8.79. The molecule has 2 heterocycles. The minimum absolute atomic E-state index is 0.0329. The van der Waals surface area contributed by atoms with Gasteiger partial charge in [-0.1, -0.05) is 0 Å². The Hall–Kier alpha value is -1.15. The summed E-state index contributed by atoms with van der Waals surface area (Å²) in [5.74, 6) is -0.0385. The maximum Gasteiger partial charge on any atom is 0.228 e. The van der Waals surface area contributed by atoms with Gasteiger partial charge in [0.1, 0.15) is 0 Å². The predicted octanol–water partition coefficient (Wildman–Crippen LogP) is 0.0311. The zero-order valence-electron chi connectivity index (χ0n) is 14.1. The van der Waals surface area contributed by atoms with Gasteiger partial charge in [-0.25, -0.2) is 13.1 Å². The highest BCUT2D eigenvalue weighted by atomic mass is 32.2. The van der Waals surface area contributed by atoms with E-state index in [1.54, 1.807) is 9.80 Å². The minimum Gasteiger partial charge on any atom is -0.342 e. The molecule has 8 heteroatoms. The average Bonchev–Trinajstić information content (AvgIpc) is 2.86. The summed E-state index contributed by atoms with van der Waals surface area (Å²) in [4.78, 5) is 28.2. The number of amides is 2. The number of piperidine rings is 1. The van der Waals surface area contributed by atoms with Crippen LogP contribution in [0.15, 0.2) is 0 Å². The van der Waals surface area contributed by atoms with E-state index < -0.39 is 10.0 Å². The summed E-state index contributed by atoms with van der Waals surface area (Å²) >= 11 is 0. The van der Waals surface area contributed by atoms with E-state index in [1.807, 2.05) is 13.8 Å². The molecule has 0 aromatic heterocycles. The standard InChI is InChI=1S/C15H27N3O4S/c1-11(2)18-10-13(7-14(18)19)15(20)17-6-4-5-12(9-17)8-16-23(3,21)22/h11-13,16H,4-10H2,1-3H3/t12-,13+/m0/s1. The van der Waals surface area contributed by atoms with Crippen LogP contribution in [0.3, 0.4) is 0 Å². The van der Waals surface area contributed by atoms with Gasteiger partial charge in [-0.05, 0) is 32.6 Å². The molecule has 0 radical (unpaired) electrons. The van der Waals surface area contributed by atoms with Crippen LogP contribution >= 0.6 is 0 Å². The highest BCUT2D eigenvalue weighted by Crippen LogP contribution is 2.25. The van der Waals surface area contributed by atoms with E-state index in [0.717, 1.165) is 19.1 Å². The van der Waals surface area contributed by atoms with E-state index in [0.29, 0.717) is 32.6 Å². The topological polar surface area (TPSA) is 86.8 Å². The molecule has 0 bridgehead atoms. The van der Waals surface area contributed by atoms with Gasteiger partial charge in [0.15, 0.2) is 0 Å². The van der Waals surface area contributed by atoms with Crippen molar-refractivity contribution in [1.29, 1.82) is 0 Å². The van der Waals surface area contributed by atoms with Crippen molar-refractivity contribution in [2.45, 2.75) is 39.2 Å². The third-order valence-corrected chi connectivity index (χ3v) is 5.29. The smallest absolute Gasteiger partial charge is 0.228 e. The molecule has 2 saturated heterocycles. The third-order valence-electron chi connectivity index (χ3n) is 4.60. The first-order valence-corrected chi connectivity index (χ1v) is 10.1. The van der Waals surface area contributed by atoms with Crippen molar-refractivity contribution < 1.29 is 18.0 Å². The SMILES string of the molecule is CC(C)N1C[C@H](C(=O)N2CCC[C@@H](CNS(C)(=O)=O)C2)CC1=O. The number of nitrogens with zero attached hydrogens (tertiary/aromatic N) is 2. The quantitative estimate of drug-likeness (QED) is 0.762. The minimum atomic E-state index is -3.21. The Morgan fingerprint density at radius 1 is 1.35 bits per heavy atom. The summed E-state index contributed by atoms with van der Waals surface area (Å²) < 4.78 is 24.9. The number of carbonyl (C=O) groups excluding carboxylic acids is 2. The molecule has 0 spiro atoms. The number of rotatable bonds is 5. The van der Waals surface area contributed by atoms with Crippen molar-refractivity contribution in [2.75, 3.05) is 32.4 Å². The van der Waals surface area contributed by atoms with Crippen LogP contribution in [0.1, 0.15) is 33.1 Å². The van der Waals surface area contributed by atoms with Gasteiger partial charge in [0.05, 0.1) is 12.2 Å². The lowest BCUT2D eigenvalue weighted by atomic mass is 9.96. The number of nitrogens with one attached hydrogen (secondary N) is 1. The van der Waals surface area contributed by atoms with E-state index in [2.05, 4.69) is 4.72 Å². The number of likely N-dealkylation sites (tertiary alicyclic amines) is 2. The number of carbonyl (C=O) groups is 2. The fourth-order valence-electron chi connectivity index (χ4n) is 3.36. The molecule has 2 atom stereocenters. The second-order valence-electron chi connectivity index (χ2n) is 6.95. The van der Waals surface area contributed by atoms with Crippen molar-refractivity contribution in [3.05, 3.63) is 0 Å². The summed E-state index contributed by atoms with van der Waals surface area (Å²) in [6.07, 6.45) is 3.22. The van der Waals surface area contributed by atoms with Crippen LogP contribution in [0.4, 0.5) is 0 Å². The third kappa shape index (κ3) is 4.91. The van der Waals surface area contributed by atoms with E-state index in [9.17, 15) is 18.0 Å². The largest absolute Gasteiger partial charge is 0.342 e. The van der Waals surface area contributed by atoms with Crippen LogP contribution < -0.4 is 4.72 Å². The molecule has 0 aromatic rings. The Morgan fingerprint density at radius 3 is 2.61 bits per heavy atom. The summed E-state index contributed by atoms with van der Waals surface area (Å²) in [7, 11) is -3.21. The van der Waals surface area contributed by atoms with E-state index in [-0.39, 0.29) is 29.7 Å². The van der Waals surface area contributed by atoms with Crippen molar-refractivity contribution in [1.82, 2.24) is 14.5 Å². The Bertz CT molecular complexity index is 561. The van der Waals surface area contributed by atoms with Gasteiger partial charge in [-0.3, -0.25) is 9.59 Å². The van der Waals surface area contributed by atoms with Crippen LogP contribution in [0.2, 0.25) is 0 Å². The first-order valence-electron chi connectivity index (χ1n) is 8.20. The molecule has 0 aromatic carbocycles. The Balaban J connectivity index is 1.91. The van der Waals surface area contributed by atoms with Gasteiger partial charge in [-0.15, -0.1) is 0 Å². The van der Waals surface area contributed by atoms with Gasteiger partial charge in [0, 0.05) is 38.6 Å². The summed E-state index contributed by atoms with van der Waals surface area (Å²) in [5.41, 5.74) is 0. The monoisotopic (exact) mass is 345 g/mol. The molecule has 1 N–H and O–H groups in total. The van der Waals surface area contributed by atoms with Crippen LogP contribution in [-0.2, 0) is 19.6 Å². The molecule has 7 nitrogen and oxygen atoms in total. The van der Waals surface area contributed by atoms with Crippen LogP contribution in [0.5, 0.6) is 0 Å². The lowest BCUT2D eigenvalue weighted by molar-refractivity contribution is -0.137. The van der Waals surface area contributed by atoms with Gasteiger partial charge in [-0.2, -0.15) is 0 Å². The predicted molar refractivity (Wildman–Crippen MR) is 87.1 cm³/mol. The van der Waals surface area contributed by atoms with Crippen LogP contribution in [0, 0.1) is 11.8 Å². The van der Waals surface area contributed by atoms with Gasteiger partial charge >= 0.3 is 0 Å². The second kappa shape index (κ2) is 7.17. The first-order chi connectivity index (χ1) is 10.7. The highest BCUT2D eigenvalue weighted by molar-refractivity contribution is 7.88. The Labute approximate surface area is 138 Å². The lowest BCUT2D eigenvalue weighted by Crippen LogP contribution is -2.46. The normalized spacial score (nSPS) is 26.2. The number of hydrogen-bond donors (Lipinski definition) is 1. The van der Waals surface area contributed by atoms with Crippen molar-refractivity contribution in [2.24, 2.45) is 11.8 Å². The van der Waals surface area contributed by atoms with Crippen LogP contribution in [-0.4, -0.2) is 68.5 Å². The van der Waals surface area contributed by atoms with Crippen molar-refractivity contribution >= 4 is 21.8 Å². The zero-order valence-corrected chi connectivity index (χ0v) is 14.9. The summed E-state index contributed by atoms with van der Waals surface area (Å²) in [6, 6.07) is 0.119. The maximum absolute atomic E-state index is 12.7. The summed E-state index contributed by atoms with van der Waals surface area (Å²) in [6.45, 7) is 6.04. The Morgan fingerprint density at radius 2 is 2.04 bits per heavy atom.